The Labute approximate surface area is 48.6 Å². The highest BCUT2D eigenvalue weighted by Gasteiger charge is 1.85. The van der Waals surface area contributed by atoms with E-state index in [-0.39, 0.29) is 6.61 Å². The zero-order valence-corrected chi connectivity index (χ0v) is 4.91. The standard InChI is InChI=1S/C5H9ClO/c1-5(4-7)2-3-6/h7H,1-4H2. The Kier molecular flexibility index (Phi) is 4.15. The highest BCUT2D eigenvalue weighted by atomic mass is 35.5. The highest BCUT2D eigenvalue weighted by molar-refractivity contribution is 6.17. The first kappa shape index (κ1) is 6.99. The maximum Gasteiger partial charge on any atom is 0.0639 e. The lowest BCUT2D eigenvalue weighted by atomic mass is 10.3. The fourth-order valence-electron chi connectivity index (χ4n) is 0.213. The van der Waals surface area contributed by atoms with Gasteiger partial charge in [0.15, 0.2) is 0 Å². The van der Waals surface area contributed by atoms with Gasteiger partial charge in [-0.15, -0.1) is 11.6 Å². The molecule has 0 saturated carbocycles. The Morgan fingerprint density at radius 1 is 1.71 bits per heavy atom. The van der Waals surface area contributed by atoms with Crippen molar-refractivity contribution in [2.45, 2.75) is 6.42 Å². The van der Waals surface area contributed by atoms with Crippen molar-refractivity contribution < 1.29 is 5.11 Å². The van der Waals surface area contributed by atoms with E-state index in [0.29, 0.717) is 5.88 Å². The van der Waals surface area contributed by atoms with Crippen LogP contribution in [-0.2, 0) is 0 Å². The fourth-order valence-corrected chi connectivity index (χ4v) is 0.480. The van der Waals surface area contributed by atoms with Crippen LogP contribution in [0.2, 0.25) is 0 Å². The zero-order valence-electron chi connectivity index (χ0n) is 4.15. The van der Waals surface area contributed by atoms with Crippen LogP contribution in [-0.4, -0.2) is 17.6 Å². The van der Waals surface area contributed by atoms with Crippen LogP contribution in [0.1, 0.15) is 6.42 Å². The van der Waals surface area contributed by atoms with Gasteiger partial charge in [-0.3, -0.25) is 0 Å². The van der Waals surface area contributed by atoms with Crippen LogP contribution in [0.3, 0.4) is 0 Å². The van der Waals surface area contributed by atoms with E-state index in [9.17, 15) is 0 Å². The third kappa shape index (κ3) is 3.83. The molecule has 42 valence electrons. The normalized spacial score (nSPS) is 8.86. The molecule has 1 nitrogen and oxygen atoms in total. The average molecular weight is 121 g/mol. The number of hydrogen-bond donors (Lipinski definition) is 1. The maximum atomic E-state index is 8.31. The van der Waals surface area contributed by atoms with Crippen LogP contribution in [0, 0.1) is 0 Å². The van der Waals surface area contributed by atoms with Gasteiger partial charge in [-0.1, -0.05) is 12.2 Å². The summed E-state index contributed by atoms with van der Waals surface area (Å²) in [7, 11) is 0. The summed E-state index contributed by atoms with van der Waals surface area (Å²) >= 11 is 5.30. The van der Waals surface area contributed by atoms with Crippen LogP contribution in [0.15, 0.2) is 12.2 Å². The Bertz CT molecular complexity index is 61.1. The monoisotopic (exact) mass is 120 g/mol. The predicted molar refractivity (Wildman–Crippen MR) is 31.6 cm³/mol. The molecule has 0 fully saturated rings. The zero-order chi connectivity index (χ0) is 5.70. The second kappa shape index (κ2) is 4.16. The average Bonchev–Trinajstić information content (AvgIpc) is 1.68. The summed E-state index contributed by atoms with van der Waals surface area (Å²) in [6.45, 7) is 3.59. The van der Waals surface area contributed by atoms with Gasteiger partial charge in [0.25, 0.3) is 0 Å². The number of hydrogen-bond acceptors (Lipinski definition) is 1. The minimum absolute atomic E-state index is 0.0622. The number of alkyl halides is 1. The van der Waals surface area contributed by atoms with E-state index in [4.69, 9.17) is 16.7 Å². The van der Waals surface area contributed by atoms with Crippen molar-refractivity contribution >= 4 is 11.6 Å². The van der Waals surface area contributed by atoms with Gasteiger partial charge in [-0.25, -0.2) is 0 Å². The molecule has 0 aliphatic rings. The Balaban J connectivity index is 3.00. The van der Waals surface area contributed by atoms with E-state index in [0.717, 1.165) is 12.0 Å². The summed E-state index contributed by atoms with van der Waals surface area (Å²) < 4.78 is 0. The lowest BCUT2D eigenvalue weighted by Gasteiger charge is -1.92. The second-order valence-electron chi connectivity index (χ2n) is 1.35. The minimum atomic E-state index is 0.0622. The van der Waals surface area contributed by atoms with E-state index >= 15 is 0 Å². The van der Waals surface area contributed by atoms with Crippen molar-refractivity contribution in [3.05, 3.63) is 12.2 Å². The molecule has 0 unspecified atom stereocenters. The Hall–Kier alpha value is -0.0100. The van der Waals surface area contributed by atoms with Gasteiger partial charge < -0.3 is 5.11 Å². The number of aliphatic hydroxyl groups excluding tert-OH is 1. The number of aliphatic hydroxyl groups is 1. The van der Waals surface area contributed by atoms with Crippen molar-refractivity contribution in [3.8, 4) is 0 Å². The molecule has 0 saturated heterocycles. The van der Waals surface area contributed by atoms with Gasteiger partial charge in [-0.05, 0) is 6.42 Å². The summed E-state index contributed by atoms with van der Waals surface area (Å²) in [6, 6.07) is 0. The molecule has 7 heavy (non-hydrogen) atoms. The third-order valence-electron chi connectivity index (χ3n) is 0.672. The molecule has 0 heterocycles. The molecular weight excluding hydrogens is 112 g/mol. The van der Waals surface area contributed by atoms with Gasteiger partial charge in [0.2, 0.25) is 0 Å². The molecule has 0 rings (SSSR count). The van der Waals surface area contributed by atoms with Crippen molar-refractivity contribution in [2.75, 3.05) is 12.5 Å². The van der Waals surface area contributed by atoms with Gasteiger partial charge >= 0.3 is 0 Å². The van der Waals surface area contributed by atoms with Gasteiger partial charge in [0.05, 0.1) is 6.61 Å². The highest BCUT2D eigenvalue weighted by Crippen LogP contribution is 1.95. The van der Waals surface area contributed by atoms with Crippen LogP contribution in [0.5, 0.6) is 0 Å². The van der Waals surface area contributed by atoms with Crippen molar-refractivity contribution in [1.29, 1.82) is 0 Å². The molecule has 0 aromatic carbocycles. The quantitative estimate of drug-likeness (QED) is 0.438. The van der Waals surface area contributed by atoms with Crippen LogP contribution in [0.25, 0.3) is 0 Å². The first-order valence-electron chi connectivity index (χ1n) is 2.14. The van der Waals surface area contributed by atoms with Gasteiger partial charge in [0.1, 0.15) is 0 Å². The molecule has 0 amide bonds. The first-order chi connectivity index (χ1) is 3.31. The van der Waals surface area contributed by atoms with E-state index in [1.807, 2.05) is 0 Å². The Morgan fingerprint density at radius 2 is 2.29 bits per heavy atom. The first-order valence-corrected chi connectivity index (χ1v) is 2.68. The summed E-state index contributed by atoms with van der Waals surface area (Å²) in [5, 5.41) is 8.31. The minimum Gasteiger partial charge on any atom is -0.392 e. The summed E-state index contributed by atoms with van der Waals surface area (Å²) in [5.41, 5.74) is 0.801. The summed E-state index contributed by atoms with van der Waals surface area (Å²) in [4.78, 5) is 0. The molecule has 0 atom stereocenters. The van der Waals surface area contributed by atoms with E-state index in [1.54, 1.807) is 0 Å². The van der Waals surface area contributed by atoms with E-state index < -0.39 is 0 Å². The van der Waals surface area contributed by atoms with Crippen molar-refractivity contribution in [2.24, 2.45) is 0 Å². The SMILES string of the molecule is C=C(CO)CCCl. The second-order valence-corrected chi connectivity index (χ2v) is 1.73. The third-order valence-corrected chi connectivity index (χ3v) is 0.861. The molecule has 1 N–H and O–H groups in total. The molecular formula is C5H9ClO. The predicted octanol–water partition coefficient (Wildman–Crippen LogP) is 1.16. The molecule has 0 aromatic rings. The van der Waals surface area contributed by atoms with E-state index in [1.165, 1.54) is 0 Å². The van der Waals surface area contributed by atoms with Crippen molar-refractivity contribution in [1.82, 2.24) is 0 Å². The van der Waals surface area contributed by atoms with Crippen molar-refractivity contribution in [3.63, 3.8) is 0 Å². The van der Waals surface area contributed by atoms with Gasteiger partial charge in [0, 0.05) is 5.88 Å². The van der Waals surface area contributed by atoms with E-state index in [2.05, 4.69) is 6.58 Å². The van der Waals surface area contributed by atoms with Crippen LogP contribution < -0.4 is 0 Å². The summed E-state index contributed by atoms with van der Waals surface area (Å²) in [6.07, 6.45) is 0.720. The molecule has 0 aromatic heterocycles. The molecule has 2 heteroatoms. The molecule has 0 aliphatic heterocycles. The molecule has 0 bridgehead atoms. The topological polar surface area (TPSA) is 20.2 Å². The largest absolute Gasteiger partial charge is 0.392 e. The number of halogens is 1. The smallest absolute Gasteiger partial charge is 0.0639 e. The van der Waals surface area contributed by atoms with Crippen LogP contribution in [0.4, 0.5) is 0 Å². The van der Waals surface area contributed by atoms with Crippen LogP contribution >= 0.6 is 11.6 Å². The van der Waals surface area contributed by atoms with Gasteiger partial charge in [-0.2, -0.15) is 0 Å². The number of rotatable bonds is 3. The lowest BCUT2D eigenvalue weighted by molar-refractivity contribution is 0.328. The lowest BCUT2D eigenvalue weighted by Crippen LogP contribution is -1.87. The fraction of sp³-hybridized carbons (Fsp3) is 0.600. The Morgan fingerprint density at radius 3 is 2.43 bits per heavy atom. The molecule has 0 spiro atoms. The molecule has 0 aliphatic carbocycles. The summed E-state index contributed by atoms with van der Waals surface area (Å²) in [5.74, 6) is 0.555. The molecule has 0 radical (unpaired) electrons. The maximum absolute atomic E-state index is 8.31.